The van der Waals surface area contributed by atoms with Gasteiger partial charge in [0.1, 0.15) is 6.04 Å². The van der Waals surface area contributed by atoms with E-state index in [1.54, 1.807) is 0 Å². The number of hydrogen-bond donors (Lipinski definition) is 1. The summed E-state index contributed by atoms with van der Waals surface area (Å²) in [5.74, 6) is -0.288. The lowest BCUT2D eigenvalue weighted by Gasteiger charge is -2.38. The van der Waals surface area contributed by atoms with Gasteiger partial charge < -0.3 is 10.6 Å². The van der Waals surface area contributed by atoms with E-state index < -0.39 is 6.04 Å². The maximum atomic E-state index is 12.4. The summed E-state index contributed by atoms with van der Waals surface area (Å²) in [6.45, 7) is 2.49. The molecule has 1 atom stereocenters. The van der Waals surface area contributed by atoms with Gasteiger partial charge in [-0.25, -0.2) is 0 Å². The number of nitrogens with zero attached hydrogens (tertiary/aromatic N) is 2. The standard InChI is InChI=1S/C17H19N3O2S/c18-16(21)15(13-5-2-1-3-6-13)19-8-10-20(11-9-19)17(22)14-7-4-12-23-14/h1-7,12,15H,8-11H2,(H2,18,21)/t15-/m1/s1. The minimum Gasteiger partial charge on any atom is -0.368 e. The third kappa shape index (κ3) is 3.43. The van der Waals surface area contributed by atoms with E-state index in [1.165, 1.54) is 11.3 Å². The SMILES string of the molecule is NC(=O)[C@@H](c1ccccc1)N1CCN(C(=O)c2cccs2)CC1. The van der Waals surface area contributed by atoms with Crippen molar-refractivity contribution in [3.8, 4) is 0 Å². The molecule has 1 aromatic carbocycles. The third-order valence-electron chi connectivity index (χ3n) is 4.08. The van der Waals surface area contributed by atoms with Crippen molar-refractivity contribution < 1.29 is 9.59 Å². The van der Waals surface area contributed by atoms with Gasteiger partial charge in [-0.2, -0.15) is 0 Å². The zero-order chi connectivity index (χ0) is 16.2. The van der Waals surface area contributed by atoms with Gasteiger partial charge in [-0.3, -0.25) is 14.5 Å². The number of carbonyl (C=O) groups is 2. The Kier molecular flexibility index (Phi) is 4.73. The summed E-state index contributed by atoms with van der Waals surface area (Å²) in [4.78, 5) is 28.9. The molecule has 1 saturated heterocycles. The Hall–Kier alpha value is -2.18. The highest BCUT2D eigenvalue weighted by Gasteiger charge is 2.30. The van der Waals surface area contributed by atoms with Gasteiger partial charge in [0.15, 0.2) is 0 Å². The Morgan fingerprint density at radius 1 is 1.00 bits per heavy atom. The topological polar surface area (TPSA) is 66.6 Å². The summed E-state index contributed by atoms with van der Waals surface area (Å²) >= 11 is 1.45. The smallest absolute Gasteiger partial charge is 0.264 e. The number of amides is 2. The first-order valence-electron chi connectivity index (χ1n) is 7.58. The van der Waals surface area contributed by atoms with E-state index in [1.807, 2.05) is 52.7 Å². The lowest BCUT2D eigenvalue weighted by atomic mass is 10.0. The van der Waals surface area contributed by atoms with Crippen molar-refractivity contribution in [1.29, 1.82) is 0 Å². The molecular weight excluding hydrogens is 310 g/mol. The number of benzene rings is 1. The number of primary amides is 1. The molecule has 1 aromatic heterocycles. The molecule has 1 fully saturated rings. The molecule has 2 amide bonds. The van der Waals surface area contributed by atoms with Gasteiger partial charge in [0.25, 0.3) is 5.91 Å². The van der Waals surface area contributed by atoms with Crippen LogP contribution in [0, 0.1) is 0 Å². The Bertz CT molecular complexity index is 664. The highest BCUT2D eigenvalue weighted by molar-refractivity contribution is 7.12. The molecule has 0 unspecified atom stereocenters. The molecule has 2 heterocycles. The predicted molar refractivity (Wildman–Crippen MR) is 90.2 cm³/mol. The maximum absolute atomic E-state index is 12.4. The molecule has 2 N–H and O–H groups in total. The van der Waals surface area contributed by atoms with E-state index in [0.717, 1.165) is 10.4 Å². The van der Waals surface area contributed by atoms with Crippen molar-refractivity contribution in [2.75, 3.05) is 26.2 Å². The zero-order valence-corrected chi connectivity index (χ0v) is 13.5. The number of rotatable bonds is 4. The highest BCUT2D eigenvalue weighted by atomic mass is 32.1. The second kappa shape index (κ2) is 6.93. The van der Waals surface area contributed by atoms with E-state index in [-0.39, 0.29) is 11.8 Å². The Balaban J connectivity index is 1.67. The lowest BCUT2D eigenvalue weighted by Crippen LogP contribution is -2.51. The van der Waals surface area contributed by atoms with Crippen molar-refractivity contribution >= 4 is 23.2 Å². The Morgan fingerprint density at radius 2 is 1.70 bits per heavy atom. The maximum Gasteiger partial charge on any atom is 0.264 e. The zero-order valence-electron chi connectivity index (χ0n) is 12.7. The average Bonchev–Trinajstić information content (AvgIpc) is 3.10. The molecule has 5 nitrogen and oxygen atoms in total. The van der Waals surface area contributed by atoms with Crippen LogP contribution in [0.15, 0.2) is 47.8 Å². The molecular formula is C17H19N3O2S. The molecule has 0 saturated carbocycles. The molecule has 0 radical (unpaired) electrons. The van der Waals surface area contributed by atoms with E-state index in [2.05, 4.69) is 4.90 Å². The summed E-state index contributed by atoms with van der Waals surface area (Å²) in [7, 11) is 0. The van der Waals surface area contributed by atoms with Crippen molar-refractivity contribution in [3.63, 3.8) is 0 Å². The van der Waals surface area contributed by atoms with Crippen LogP contribution in [-0.2, 0) is 4.79 Å². The summed E-state index contributed by atoms with van der Waals surface area (Å²) in [6, 6.07) is 12.8. The molecule has 0 spiro atoms. The van der Waals surface area contributed by atoms with E-state index in [4.69, 9.17) is 5.73 Å². The number of carbonyl (C=O) groups excluding carboxylic acids is 2. The fraction of sp³-hybridized carbons (Fsp3) is 0.294. The van der Waals surface area contributed by atoms with Crippen LogP contribution in [0.2, 0.25) is 0 Å². The van der Waals surface area contributed by atoms with Crippen molar-refractivity contribution in [1.82, 2.24) is 9.80 Å². The summed E-state index contributed by atoms with van der Waals surface area (Å²) in [6.07, 6.45) is 0. The molecule has 1 aliphatic heterocycles. The van der Waals surface area contributed by atoms with Crippen LogP contribution in [0.3, 0.4) is 0 Å². The molecule has 2 aromatic rings. The van der Waals surface area contributed by atoms with E-state index in [9.17, 15) is 9.59 Å². The highest BCUT2D eigenvalue weighted by Crippen LogP contribution is 2.23. The van der Waals surface area contributed by atoms with Crippen LogP contribution < -0.4 is 5.73 Å². The Morgan fingerprint density at radius 3 is 2.26 bits per heavy atom. The molecule has 120 valence electrons. The van der Waals surface area contributed by atoms with Crippen LogP contribution in [0.4, 0.5) is 0 Å². The molecule has 1 aliphatic rings. The van der Waals surface area contributed by atoms with Gasteiger partial charge in [0.2, 0.25) is 5.91 Å². The largest absolute Gasteiger partial charge is 0.368 e. The molecule has 3 rings (SSSR count). The summed E-state index contributed by atoms with van der Waals surface area (Å²) < 4.78 is 0. The molecule has 6 heteroatoms. The monoisotopic (exact) mass is 329 g/mol. The van der Waals surface area contributed by atoms with Crippen molar-refractivity contribution in [3.05, 3.63) is 58.3 Å². The molecule has 0 bridgehead atoms. The number of hydrogen-bond acceptors (Lipinski definition) is 4. The summed E-state index contributed by atoms with van der Waals surface area (Å²) in [5, 5.41) is 1.90. The summed E-state index contributed by atoms with van der Waals surface area (Å²) in [5.41, 5.74) is 6.51. The van der Waals surface area contributed by atoms with Gasteiger partial charge in [-0.05, 0) is 17.0 Å². The van der Waals surface area contributed by atoms with Crippen LogP contribution >= 0.6 is 11.3 Å². The predicted octanol–water partition coefficient (Wildman–Crippen LogP) is 1.73. The second-order valence-corrected chi connectivity index (χ2v) is 6.47. The quantitative estimate of drug-likeness (QED) is 0.929. The molecule has 0 aliphatic carbocycles. The first-order chi connectivity index (χ1) is 11.2. The first-order valence-corrected chi connectivity index (χ1v) is 8.46. The van der Waals surface area contributed by atoms with E-state index >= 15 is 0 Å². The number of nitrogens with two attached hydrogens (primary N) is 1. The van der Waals surface area contributed by atoms with Crippen LogP contribution in [0.5, 0.6) is 0 Å². The van der Waals surface area contributed by atoms with Gasteiger partial charge >= 0.3 is 0 Å². The van der Waals surface area contributed by atoms with Gasteiger partial charge in [0, 0.05) is 26.2 Å². The first kappa shape index (κ1) is 15.7. The molecule has 23 heavy (non-hydrogen) atoms. The van der Waals surface area contributed by atoms with Crippen LogP contribution in [-0.4, -0.2) is 47.8 Å². The van der Waals surface area contributed by atoms with Gasteiger partial charge in [0.05, 0.1) is 4.88 Å². The normalized spacial score (nSPS) is 17.0. The number of piperazine rings is 1. The second-order valence-electron chi connectivity index (χ2n) is 5.52. The van der Waals surface area contributed by atoms with Crippen molar-refractivity contribution in [2.24, 2.45) is 5.73 Å². The van der Waals surface area contributed by atoms with Gasteiger partial charge in [-0.15, -0.1) is 11.3 Å². The lowest BCUT2D eigenvalue weighted by molar-refractivity contribution is -0.124. The minimum atomic E-state index is -0.435. The Labute approximate surface area is 139 Å². The average molecular weight is 329 g/mol. The minimum absolute atomic E-state index is 0.0648. The fourth-order valence-electron chi connectivity index (χ4n) is 2.93. The number of thiophene rings is 1. The van der Waals surface area contributed by atoms with Gasteiger partial charge in [-0.1, -0.05) is 36.4 Å². The third-order valence-corrected chi connectivity index (χ3v) is 4.94. The van der Waals surface area contributed by atoms with Crippen LogP contribution in [0.25, 0.3) is 0 Å². The van der Waals surface area contributed by atoms with Crippen molar-refractivity contribution in [2.45, 2.75) is 6.04 Å². The fourth-order valence-corrected chi connectivity index (χ4v) is 3.62. The van der Waals surface area contributed by atoms with Crippen LogP contribution in [0.1, 0.15) is 21.3 Å². The van der Waals surface area contributed by atoms with E-state index in [0.29, 0.717) is 26.2 Å².